The fourth-order valence-corrected chi connectivity index (χ4v) is 2.89. The molecule has 2 aromatic rings. The van der Waals surface area contributed by atoms with E-state index in [1.807, 2.05) is 6.92 Å². The summed E-state index contributed by atoms with van der Waals surface area (Å²) in [7, 11) is -3.78. The molecule has 122 valence electrons. The lowest BCUT2D eigenvalue weighted by Gasteiger charge is -2.08. The van der Waals surface area contributed by atoms with Gasteiger partial charge in [0.05, 0.1) is 4.90 Å². The minimum absolute atomic E-state index is 0.0434. The highest BCUT2D eigenvalue weighted by Crippen LogP contribution is 2.16. The van der Waals surface area contributed by atoms with Crippen LogP contribution in [0.1, 0.15) is 26.0 Å². The van der Waals surface area contributed by atoms with Crippen LogP contribution in [-0.2, 0) is 21.2 Å². The van der Waals surface area contributed by atoms with Crippen LogP contribution in [-0.4, -0.2) is 24.3 Å². The third-order valence-electron chi connectivity index (χ3n) is 2.93. The van der Waals surface area contributed by atoms with Crippen molar-refractivity contribution in [1.29, 1.82) is 0 Å². The molecule has 2 N–H and O–H groups in total. The molecule has 0 fully saturated rings. The second-order valence-electron chi connectivity index (χ2n) is 4.93. The fraction of sp³-hybridized carbons (Fsp3) is 0.267. The Morgan fingerprint density at radius 1 is 1.17 bits per heavy atom. The molecule has 0 spiro atoms. The van der Waals surface area contributed by atoms with Gasteiger partial charge >= 0.3 is 0 Å². The highest BCUT2D eigenvalue weighted by atomic mass is 32.2. The molecule has 1 aromatic heterocycles. The SMILES string of the molecule is CCCc1ccnc(NS(=O)(=O)c2ccc(NC(C)=O)cc2)n1. The molecule has 8 heteroatoms. The van der Waals surface area contributed by atoms with Crippen LogP contribution >= 0.6 is 0 Å². The number of aryl methyl sites for hydroxylation is 1. The van der Waals surface area contributed by atoms with E-state index in [2.05, 4.69) is 20.0 Å². The molecular formula is C15H18N4O3S. The van der Waals surface area contributed by atoms with Crippen molar-refractivity contribution in [2.75, 3.05) is 10.0 Å². The zero-order valence-corrected chi connectivity index (χ0v) is 13.7. The lowest BCUT2D eigenvalue weighted by Crippen LogP contribution is -2.15. The third-order valence-corrected chi connectivity index (χ3v) is 4.27. The van der Waals surface area contributed by atoms with E-state index in [1.165, 1.54) is 37.4 Å². The number of carbonyl (C=O) groups is 1. The first-order chi connectivity index (χ1) is 10.9. The van der Waals surface area contributed by atoms with Gasteiger partial charge in [-0.05, 0) is 36.8 Å². The maximum atomic E-state index is 12.3. The lowest BCUT2D eigenvalue weighted by atomic mass is 10.2. The number of hydrogen-bond donors (Lipinski definition) is 2. The average Bonchev–Trinajstić information content (AvgIpc) is 2.47. The Labute approximate surface area is 135 Å². The molecule has 0 aliphatic rings. The van der Waals surface area contributed by atoms with Crippen LogP contribution in [0.3, 0.4) is 0 Å². The molecule has 23 heavy (non-hydrogen) atoms. The average molecular weight is 334 g/mol. The number of sulfonamides is 1. The summed E-state index contributed by atoms with van der Waals surface area (Å²) < 4.78 is 27.0. The molecule has 1 aromatic carbocycles. The Hall–Kier alpha value is -2.48. The second kappa shape index (κ2) is 7.19. The van der Waals surface area contributed by atoms with Crippen LogP contribution in [0.15, 0.2) is 41.4 Å². The summed E-state index contributed by atoms with van der Waals surface area (Å²) in [5.74, 6) is -0.179. The van der Waals surface area contributed by atoms with Gasteiger partial charge in [0.1, 0.15) is 0 Å². The smallest absolute Gasteiger partial charge is 0.264 e. The number of hydrogen-bond acceptors (Lipinski definition) is 5. The summed E-state index contributed by atoms with van der Waals surface area (Å²) in [6, 6.07) is 7.60. The maximum Gasteiger partial charge on any atom is 0.264 e. The van der Waals surface area contributed by atoms with Crippen LogP contribution in [0.25, 0.3) is 0 Å². The lowest BCUT2D eigenvalue weighted by molar-refractivity contribution is -0.114. The van der Waals surface area contributed by atoms with Gasteiger partial charge in [-0.1, -0.05) is 13.3 Å². The maximum absolute atomic E-state index is 12.3. The second-order valence-corrected chi connectivity index (χ2v) is 6.62. The normalized spacial score (nSPS) is 11.0. The molecule has 0 atom stereocenters. The van der Waals surface area contributed by atoms with Crippen LogP contribution in [0.2, 0.25) is 0 Å². The van der Waals surface area contributed by atoms with Crippen molar-refractivity contribution >= 4 is 27.6 Å². The highest BCUT2D eigenvalue weighted by Gasteiger charge is 2.15. The Morgan fingerprint density at radius 2 is 1.87 bits per heavy atom. The van der Waals surface area contributed by atoms with E-state index in [9.17, 15) is 13.2 Å². The monoisotopic (exact) mass is 334 g/mol. The molecule has 1 heterocycles. The van der Waals surface area contributed by atoms with Crippen LogP contribution in [0.4, 0.5) is 11.6 Å². The first kappa shape index (κ1) is 16.9. The molecule has 7 nitrogen and oxygen atoms in total. The van der Waals surface area contributed by atoms with Crippen molar-refractivity contribution in [3.63, 3.8) is 0 Å². The van der Waals surface area contributed by atoms with Crippen molar-refractivity contribution in [3.05, 3.63) is 42.2 Å². The standard InChI is InChI=1S/C15H18N4O3S/c1-3-4-12-9-10-16-15(18-12)19-23(21,22)14-7-5-13(6-8-14)17-11(2)20/h5-10H,3-4H2,1-2H3,(H,17,20)(H,16,18,19). The predicted octanol–water partition coefficient (Wildman–Crippen LogP) is 2.19. The third kappa shape index (κ3) is 4.75. The van der Waals surface area contributed by atoms with Gasteiger partial charge in [-0.15, -0.1) is 0 Å². The molecule has 0 radical (unpaired) electrons. The van der Waals surface area contributed by atoms with Crippen molar-refractivity contribution in [1.82, 2.24) is 9.97 Å². The summed E-state index contributed by atoms with van der Waals surface area (Å²) in [4.78, 5) is 19.1. The number of benzene rings is 1. The number of anilines is 2. The van der Waals surface area contributed by atoms with Gasteiger partial charge in [0, 0.05) is 24.5 Å². The summed E-state index contributed by atoms with van der Waals surface area (Å²) in [6.45, 7) is 3.40. The minimum Gasteiger partial charge on any atom is -0.326 e. The van der Waals surface area contributed by atoms with Crippen molar-refractivity contribution in [2.45, 2.75) is 31.6 Å². The Bertz CT molecular complexity index is 789. The fourth-order valence-electron chi connectivity index (χ4n) is 1.94. The predicted molar refractivity (Wildman–Crippen MR) is 87.6 cm³/mol. The number of rotatable bonds is 6. The molecule has 0 unspecified atom stereocenters. The first-order valence-electron chi connectivity index (χ1n) is 7.13. The van der Waals surface area contributed by atoms with Crippen molar-refractivity contribution in [3.8, 4) is 0 Å². The van der Waals surface area contributed by atoms with E-state index in [0.717, 1.165) is 18.5 Å². The van der Waals surface area contributed by atoms with E-state index in [0.29, 0.717) is 5.69 Å². The van der Waals surface area contributed by atoms with E-state index >= 15 is 0 Å². The first-order valence-corrected chi connectivity index (χ1v) is 8.61. The Morgan fingerprint density at radius 3 is 2.48 bits per heavy atom. The highest BCUT2D eigenvalue weighted by molar-refractivity contribution is 7.92. The van der Waals surface area contributed by atoms with Crippen molar-refractivity contribution in [2.24, 2.45) is 0 Å². The molecular weight excluding hydrogens is 316 g/mol. The molecule has 0 saturated carbocycles. The van der Waals surface area contributed by atoms with Gasteiger partial charge in [-0.25, -0.2) is 23.1 Å². The van der Waals surface area contributed by atoms with Crippen LogP contribution in [0.5, 0.6) is 0 Å². The number of amides is 1. The molecule has 0 aliphatic carbocycles. The number of carbonyl (C=O) groups excluding carboxylic acids is 1. The summed E-state index contributed by atoms with van der Waals surface area (Å²) >= 11 is 0. The van der Waals surface area contributed by atoms with Gasteiger partial charge in [0.2, 0.25) is 11.9 Å². The number of nitrogens with zero attached hydrogens (tertiary/aromatic N) is 2. The van der Waals surface area contributed by atoms with Gasteiger partial charge in [-0.2, -0.15) is 0 Å². The summed E-state index contributed by atoms with van der Waals surface area (Å²) in [6.07, 6.45) is 3.19. The molecule has 0 saturated heterocycles. The quantitative estimate of drug-likeness (QED) is 0.843. The zero-order valence-electron chi connectivity index (χ0n) is 12.9. The summed E-state index contributed by atoms with van der Waals surface area (Å²) in [5.41, 5.74) is 1.30. The van der Waals surface area contributed by atoms with E-state index in [4.69, 9.17) is 0 Å². The molecule has 2 rings (SSSR count). The molecule has 1 amide bonds. The number of nitrogens with one attached hydrogen (secondary N) is 2. The van der Waals surface area contributed by atoms with Gasteiger partial charge in [-0.3, -0.25) is 4.79 Å². The Balaban J connectivity index is 2.18. The largest absolute Gasteiger partial charge is 0.326 e. The van der Waals surface area contributed by atoms with Gasteiger partial charge < -0.3 is 5.32 Å². The Kier molecular flexibility index (Phi) is 5.28. The zero-order chi connectivity index (χ0) is 16.9. The summed E-state index contributed by atoms with van der Waals surface area (Å²) in [5, 5.41) is 2.58. The van der Waals surface area contributed by atoms with Gasteiger partial charge in [0.15, 0.2) is 0 Å². The van der Waals surface area contributed by atoms with E-state index < -0.39 is 10.0 Å². The topological polar surface area (TPSA) is 101 Å². The van der Waals surface area contributed by atoms with Crippen LogP contribution < -0.4 is 10.0 Å². The van der Waals surface area contributed by atoms with E-state index in [1.54, 1.807) is 6.07 Å². The molecule has 0 bridgehead atoms. The minimum atomic E-state index is -3.78. The van der Waals surface area contributed by atoms with E-state index in [-0.39, 0.29) is 16.8 Å². The number of aromatic nitrogens is 2. The van der Waals surface area contributed by atoms with Gasteiger partial charge in [0.25, 0.3) is 10.0 Å². The van der Waals surface area contributed by atoms with Crippen molar-refractivity contribution < 1.29 is 13.2 Å². The molecule has 0 aliphatic heterocycles. The van der Waals surface area contributed by atoms with Crippen LogP contribution in [0, 0.1) is 0 Å².